The lowest BCUT2D eigenvalue weighted by Gasteiger charge is -2.10. The second kappa shape index (κ2) is 4.12. The second-order valence-electron chi connectivity index (χ2n) is 4.07. The van der Waals surface area contributed by atoms with Gasteiger partial charge >= 0.3 is 5.69 Å². The summed E-state index contributed by atoms with van der Waals surface area (Å²) in [5.74, 6) is 0. The van der Waals surface area contributed by atoms with Crippen LogP contribution in [0, 0.1) is 0 Å². The fourth-order valence-corrected chi connectivity index (χ4v) is 1.95. The SMILES string of the molecule is O=c1[nH]c2ccc(C(O)c3cccnc3)cc2[nH]1. The second-order valence-corrected chi connectivity index (χ2v) is 4.07. The van der Waals surface area contributed by atoms with Gasteiger partial charge in [-0.25, -0.2) is 4.79 Å². The van der Waals surface area contributed by atoms with E-state index in [-0.39, 0.29) is 5.69 Å². The molecule has 1 unspecified atom stereocenters. The zero-order valence-electron chi connectivity index (χ0n) is 9.42. The molecular weight excluding hydrogens is 230 g/mol. The molecule has 2 aromatic heterocycles. The summed E-state index contributed by atoms with van der Waals surface area (Å²) in [5.41, 5.74) is 2.58. The number of hydrogen-bond donors (Lipinski definition) is 3. The Hall–Kier alpha value is -2.40. The minimum Gasteiger partial charge on any atom is -0.384 e. The van der Waals surface area contributed by atoms with Crippen molar-refractivity contribution in [1.82, 2.24) is 15.0 Å². The van der Waals surface area contributed by atoms with E-state index < -0.39 is 6.10 Å². The normalized spacial score (nSPS) is 12.7. The van der Waals surface area contributed by atoms with Crippen molar-refractivity contribution < 1.29 is 5.11 Å². The first-order chi connectivity index (χ1) is 8.74. The van der Waals surface area contributed by atoms with Crippen molar-refractivity contribution in [3.8, 4) is 0 Å². The first-order valence-corrected chi connectivity index (χ1v) is 5.54. The number of H-pyrrole nitrogens is 2. The summed E-state index contributed by atoms with van der Waals surface area (Å²) in [6.45, 7) is 0. The van der Waals surface area contributed by atoms with Crippen LogP contribution in [0.25, 0.3) is 11.0 Å². The van der Waals surface area contributed by atoms with Crippen LogP contribution in [-0.2, 0) is 0 Å². The number of aromatic amines is 2. The van der Waals surface area contributed by atoms with E-state index in [1.165, 1.54) is 0 Å². The minimum absolute atomic E-state index is 0.252. The summed E-state index contributed by atoms with van der Waals surface area (Å²) in [6, 6.07) is 8.88. The standard InChI is InChI=1S/C13H11N3O2/c17-12(9-2-1-5-14-7-9)8-3-4-10-11(6-8)16-13(18)15-10/h1-7,12,17H,(H2,15,16,18). The number of aliphatic hydroxyl groups excluding tert-OH is 1. The summed E-state index contributed by atoms with van der Waals surface area (Å²) in [4.78, 5) is 20.5. The van der Waals surface area contributed by atoms with Crippen LogP contribution in [0.15, 0.2) is 47.5 Å². The molecule has 1 atom stereocenters. The molecule has 0 fully saturated rings. The average Bonchev–Trinajstić information content (AvgIpc) is 2.78. The fraction of sp³-hybridized carbons (Fsp3) is 0.0769. The third kappa shape index (κ3) is 1.80. The quantitative estimate of drug-likeness (QED) is 0.633. The molecule has 0 aliphatic rings. The number of aromatic nitrogens is 3. The molecule has 0 aliphatic heterocycles. The topological polar surface area (TPSA) is 81.8 Å². The van der Waals surface area contributed by atoms with Crippen LogP contribution in [0.2, 0.25) is 0 Å². The summed E-state index contributed by atoms with van der Waals surface area (Å²) in [7, 11) is 0. The fourth-order valence-electron chi connectivity index (χ4n) is 1.95. The zero-order chi connectivity index (χ0) is 12.5. The van der Waals surface area contributed by atoms with Gasteiger partial charge in [0.15, 0.2) is 0 Å². The molecule has 3 rings (SSSR count). The Kier molecular flexibility index (Phi) is 2.46. The highest BCUT2D eigenvalue weighted by Gasteiger charge is 2.11. The Morgan fingerprint density at radius 3 is 2.72 bits per heavy atom. The third-order valence-electron chi connectivity index (χ3n) is 2.86. The number of aliphatic hydroxyl groups is 1. The molecule has 5 heteroatoms. The van der Waals surface area contributed by atoms with Gasteiger partial charge in [0.2, 0.25) is 0 Å². The lowest BCUT2D eigenvalue weighted by atomic mass is 10.0. The van der Waals surface area contributed by atoms with E-state index in [4.69, 9.17) is 0 Å². The van der Waals surface area contributed by atoms with Gasteiger partial charge in [-0.3, -0.25) is 4.98 Å². The van der Waals surface area contributed by atoms with Crippen molar-refractivity contribution in [2.45, 2.75) is 6.10 Å². The van der Waals surface area contributed by atoms with Gasteiger partial charge in [-0.05, 0) is 23.8 Å². The number of nitrogens with one attached hydrogen (secondary N) is 2. The van der Waals surface area contributed by atoms with Gasteiger partial charge < -0.3 is 15.1 Å². The molecule has 3 N–H and O–H groups in total. The summed E-state index contributed by atoms with van der Waals surface area (Å²) in [5, 5.41) is 10.2. The summed E-state index contributed by atoms with van der Waals surface area (Å²) >= 11 is 0. The average molecular weight is 241 g/mol. The molecule has 0 aliphatic carbocycles. The minimum atomic E-state index is -0.749. The Morgan fingerprint density at radius 1 is 1.11 bits per heavy atom. The number of rotatable bonds is 2. The van der Waals surface area contributed by atoms with Crippen LogP contribution in [-0.4, -0.2) is 20.1 Å². The molecule has 0 saturated heterocycles. The number of pyridine rings is 1. The van der Waals surface area contributed by atoms with Crippen molar-refractivity contribution in [2.75, 3.05) is 0 Å². The van der Waals surface area contributed by atoms with Gasteiger partial charge in [-0.1, -0.05) is 12.1 Å². The lowest BCUT2D eigenvalue weighted by molar-refractivity contribution is 0.220. The van der Waals surface area contributed by atoms with Gasteiger partial charge in [0.1, 0.15) is 6.10 Å². The number of hydrogen-bond acceptors (Lipinski definition) is 3. The van der Waals surface area contributed by atoms with E-state index in [0.29, 0.717) is 11.1 Å². The maximum Gasteiger partial charge on any atom is 0.323 e. The van der Waals surface area contributed by atoms with Crippen LogP contribution in [0.5, 0.6) is 0 Å². The molecule has 18 heavy (non-hydrogen) atoms. The monoisotopic (exact) mass is 241 g/mol. The highest BCUT2D eigenvalue weighted by Crippen LogP contribution is 2.23. The lowest BCUT2D eigenvalue weighted by Crippen LogP contribution is -2.00. The summed E-state index contributed by atoms with van der Waals surface area (Å²) < 4.78 is 0. The van der Waals surface area contributed by atoms with Gasteiger partial charge in [-0.15, -0.1) is 0 Å². The first-order valence-electron chi connectivity index (χ1n) is 5.54. The first kappa shape index (κ1) is 10.7. The number of nitrogens with zero attached hydrogens (tertiary/aromatic N) is 1. The Bertz CT molecular complexity index is 731. The predicted octanol–water partition coefficient (Wildman–Crippen LogP) is 1.33. The predicted molar refractivity (Wildman–Crippen MR) is 67.2 cm³/mol. The van der Waals surface area contributed by atoms with E-state index in [9.17, 15) is 9.90 Å². The molecule has 3 aromatic rings. The molecular formula is C13H11N3O2. The molecule has 90 valence electrons. The van der Waals surface area contributed by atoms with E-state index in [1.54, 1.807) is 36.7 Å². The van der Waals surface area contributed by atoms with Crippen molar-refractivity contribution in [3.05, 3.63) is 64.3 Å². The van der Waals surface area contributed by atoms with Crippen molar-refractivity contribution in [2.24, 2.45) is 0 Å². The number of benzene rings is 1. The highest BCUT2D eigenvalue weighted by molar-refractivity contribution is 5.75. The van der Waals surface area contributed by atoms with Gasteiger partial charge in [0.25, 0.3) is 0 Å². The smallest absolute Gasteiger partial charge is 0.323 e. The molecule has 0 radical (unpaired) electrons. The summed E-state index contributed by atoms with van der Waals surface area (Å²) in [6.07, 6.45) is 2.53. The van der Waals surface area contributed by atoms with E-state index in [2.05, 4.69) is 15.0 Å². The molecule has 0 saturated carbocycles. The van der Waals surface area contributed by atoms with Crippen molar-refractivity contribution in [3.63, 3.8) is 0 Å². The Balaban J connectivity index is 2.06. The maximum atomic E-state index is 11.2. The number of imidazole rings is 1. The van der Waals surface area contributed by atoms with Gasteiger partial charge in [0.05, 0.1) is 11.0 Å². The van der Waals surface area contributed by atoms with Crippen LogP contribution in [0.1, 0.15) is 17.2 Å². The van der Waals surface area contributed by atoms with E-state index >= 15 is 0 Å². The largest absolute Gasteiger partial charge is 0.384 e. The molecule has 5 nitrogen and oxygen atoms in total. The molecule has 2 heterocycles. The van der Waals surface area contributed by atoms with Gasteiger partial charge in [0, 0.05) is 18.0 Å². The maximum absolute atomic E-state index is 11.2. The molecule has 0 amide bonds. The van der Waals surface area contributed by atoms with Crippen LogP contribution in [0.4, 0.5) is 0 Å². The third-order valence-corrected chi connectivity index (χ3v) is 2.86. The highest BCUT2D eigenvalue weighted by atomic mass is 16.3. The zero-order valence-corrected chi connectivity index (χ0v) is 9.42. The van der Waals surface area contributed by atoms with Crippen LogP contribution in [0.3, 0.4) is 0 Å². The Morgan fingerprint density at radius 2 is 1.94 bits per heavy atom. The van der Waals surface area contributed by atoms with E-state index in [0.717, 1.165) is 11.1 Å². The van der Waals surface area contributed by atoms with E-state index in [1.807, 2.05) is 6.07 Å². The molecule has 1 aromatic carbocycles. The van der Waals surface area contributed by atoms with Crippen LogP contribution >= 0.6 is 0 Å². The van der Waals surface area contributed by atoms with Crippen molar-refractivity contribution in [1.29, 1.82) is 0 Å². The Labute approximate surface area is 102 Å². The van der Waals surface area contributed by atoms with Crippen molar-refractivity contribution >= 4 is 11.0 Å². The van der Waals surface area contributed by atoms with Gasteiger partial charge in [-0.2, -0.15) is 0 Å². The molecule has 0 bridgehead atoms. The molecule has 0 spiro atoms. The van der Waals surface area contributed by atoms with Crippen LogP contribution < -0.4 is 5.69 Å². The number of fused-ring (bicyclic) bond motifs is 1.